The third kappa shape index (κ3) is 2.36. The fourth-order valence-electron chi connectivity index (χ4n) is 2.75. The lowest BCUT2D eigenvalue weighted by Crippen LogP contribution is -2.51. The molecule has 2 heterocycles. The van der Waals surface area contributed by atoms with Crippen molar-refractivity contribution in [3.63, 3.8) is 0 Å². The summed E-state index contributed by atoms with van der Waals surface area (Å²) in [4.78, 5) is 26.9. The molecule has 0 spiro atoms. The van der Waals surface area contributed by atoms with E-state index in [9.17, 15) is 9.59 Å². The summed E-state index contributed by atoms with van der Waals surface area (Å²) in [6, 6.07) is 6.87. The second-order valence-electron chi connectivity index (χ2n) is 5.39. The first-order valence-electron chi connectivity index (χ1n) is 7.34. The molecule has 2 amide bonds. The molecule has 1 atom stereocenters. The number of aryl methyl sites for hydroxylation is 1. The van der Waals surface area contributed by atoms with Gasteiger partial charge in [-0.25, -0.2) is 0 Å². The Labute approximate surface area is 128 Å². The Balaban J connectivity index is 2.07. The van der Waals surface area contributed by atoms with Crippen LogP contribution in [0.4, 0.5) is 11.4 Å². The normalized spacial score (nSPS) is 17.1. The first kappa shape index (κ1) is 14.3. The van der Waals surface area contributed by atoms with E-state index in [1.807, 2.05) is 25.1 Å². The van der Waals surface area contributed by atoms with Crippen LogP contribution in [0.1, 0.15) is 30.1 Å². The Morgan fingerprint density at radius 2 is 2.14 bits per heavy atom. The molecule has 0 saturated carbocycles. The van der Waals surface area contributed by atoms with Crippen LogP contribution in [0.25, 0.3) is 0 Å². The third-order valence-corrected chi connectivity index (χ3v) is 3.77. The molecule has 6 heteroatoms. The lowest BCUT2D eigenvalue weighted by molar-refractivity contribution is -0.117. The van der Waals surface area contributed by atoms with E-state index >= 15 is 0 Å². The minimum absolute atomic E-state index is 0.141. The molecule has 22 heavy (non-hydrogen) atoms. The molecule has 3 rings (SSSR count). The largest absolute Gasteiger partial charge is 0.322 e. The monoisotopic (exact) mass is 298 g/mol. The van der Waals surface area contributed by atoms with Gasteiger partial charge in [0.1, 0.15) is 6.04 Å². The molecule has 114 valence electrons. The standard InChI is InChI=1S/C16H18N4O2/c1-3-6-14-15(21)18-12-7-4-5-8-13(12)20(14)16(22)11-9-17-19(2)10-11/h4-5,7-10,14H,3,6H2,1-2H3,(H,18,21)/t14-/m0/s1. The van der Waals surface area contributed by atoms with Crippen LogP contribution in [-0.2, 0) is 11.8 Å². The van der Waals surface area contributed by atoms with E-state index in [0.29, 0.717) is 17.7 Å². The average molecular weight is 298 g/mol. The number of benzene rings is 1. The fraction of sp³-hybridized carbons (Fsp3) is 0.312. The van der Waals surface area contributed by atoms with Crippen LogP contribution in [0.15, 0.2) is 36.7 Å². The van der Waals surface area contributed by atoms with E-state index in [-0.39, 0.29) is 11.8 Å². The van der Waals surface area contributed by atoms with Crippen molar-refractivity contribution >= 4 is 23.2 Å². The number of fused-ring (bicyclic) bond motifs is 1. The molecule has 0 unspecified atom stereocenters. The molecule has 0 radical (unpaired) electrons. The summed E-state index contributed by atoms with van der Waals surface area (Å²) in [7, 11) is 1.76. The first-order valence-corrected chi connectivity index (χ1v) is 7.34. The van der Waals surface area contributed by atoms with Crippen molar-refractivity contribution in [2.24, 2.45) is 7.05 Å². The highest BCUT2D eigenvalue weighted by Gasteiger charge is 2.36. The first-order chi connectivity index (χ1) is 10.6. The molecule has 0 saturated heterocycles. The zero-order chi connectivity index (χ0) is 15.7. The highest BCUT2D eigenvalue weighted by molar-refractivity contribution is 6.16. The average Bonchev–Trinajstić information content (AvgIpc) is 2.94. The van der Waals surface area contributed by atoms with Gasteiger partial charge in [-0.15, -0.1) is 0 Å². The van der Waals surface area contributed by atoms with E-state index in [0.717, 1.165) is 12.1 Å². The van der Waals surface area contributed by atoms with Crippen molar-refractivity contribution < 1.29 is 9.59 Å². The lowest BCUT2D eigenvalue weighted by atomic mass is 10.0. The molecule has 1 aromatic heterocycles. The zero-order valence-corrected chi connectivity index (χ0v) is 12.6. The molecule has 1 N–H and O–H groups in total. The van der Waals surface area contributed by atoms with Gasteiger partial charge in [0.2, 0.25) is 5.91 Å². The van der Waals surface area contributed by atoms with Crippen LogP contribution in [0.2, 0.25) is 0 Å². The molecule has 0 fully saturated rings. The molecule has 6 nitrogen and oxygen atoms in total. The number of anilines is 2. The Morgan fingerprint density at radius 1 is 1.36 bits per heavy atom. The summed E-state index contributed by atoms with van der Waals surface area (Å²) in [5.41, 5.74) is 1.87. The molecule has 0 bridgehead atoms. The smallest absolute Gasteiger partial charge is 0.262 e. The number of amides is 2. The van der Waals surface area contributed by atoms with Gasteiger partial charge < -0.3 is 5.32 Å². The van der Waals surface area contributed by atoms with Crippen molar-refractivity contribution in [1.29, 1.82) is 0 Å². The van der Waals surface area contributed by atoms with Crippen molar-refractivity contribution in [1.82, 2.24) is 9.78 Å². The number of rotatable bonds is 3. The summed E-state index contributed by atoms with van der Waals surface area (Å²) >= 11 is 0. The van der Waals surface area contributed by atoms with Crippen LogP contribution >= 0.6 is 0 Å². The second-order valence-corrected chi connectivity index (χ2v) is 5.39. The van der Waals surface area contributed by atoms with Gasteiger partial charge in [-0.05, 0) is 18.6 Å². The summed E-state index contributed by atoms with van der Waals surface area (Å²) in [5, 5.41) is 6.93. The summed E-state index contributed by atoms with van der Waals surface area (Å²) in [6.45, 7) is 2.00. The van der Waals surface area contributed by atoms with E-state index in [1.54, 1.807) is 28.9 Å². The molecule has 0 aliphatic carbocycles. The maximum Gasteiger partial charge on any atom is 0.262 e. The summed E-state index contributed by atoms with van der Waals surface area (Å²) in [6.07, 6.45) is 4.63. The minimum Gasteiger partial charge on any atom is -0.322 e. The Morgan fingerprint density at radius 3 is 2.82 bits per heavy atom. The highest BCUT2D eigenvalue weighted by atomic mass is 16.2. The van der Waals surface area contributed by atoms with Gasteiger partial charge in [0.05, 0.1) is 23.1 Å². The SMILES string of the molecule is CCC[C@H]1C(=O)Nc2ccccc2N1C(=O)c1cnn(C)c1. The van der Waals surface area contributed by atoms with Crippen LogP contribution in [-0.4, -0.2) is 27.6 Å². The molecule has 2 aromatic rings. The molecule has 1 aliphatic rings. The van der Waals surface area contributed by atoms with Gasteiger partial charge in [-0.1, -0.05) is 25.5 Å². The van der Waals surface area contributed by atoms with Crippen LogP contribution < -0.4 is 10.2 Å². The Hall–Kier alpha value is -2.63. The quantitative estimate of drug-likeness (QED) is 0.944. The number of nitrogens with one attached hydrogen (secondary N) is 1. The van der Waals surface area contributed by atoms with Gasteiger partial charge in [0.25, 0.3) is 5.91 Å². The van der Waals surface area contributed by atoms with Crippen molar-refractivity contribution in [2.45, 2.75) is 25.8 Å². The summed E-state index contributed by atoms with van der Waals surface area (Å²) < 4.78 is 1.58. The Bertz CT molecular complexity index is 722. The number of para-hydroxylation sites is 2. The molecular formula is C16H18N4O2. The maximum atomic E-state index is 12.9. The van der Waals surface area contributed by atoms with Crippen LogP contribution in [0.5, 0.6) is 0 Å². The number of carbonyl (C=O) groups excluding carboxylic acids is 2. The van der Waals surface area contributed by atoms with Gasteiger partial charge in [0.15, 0.2) is 0 Å². The van der Waals surface area contributed by atoms with Crippen molar-refractivity contribution in [3.05, 3.63) is 42.2 Å². The van der Waals surface area contributed by atoms with Gasteiger partial charge in [-0.3, -0.25) is 19.2 Å². The number of carbonyl (C=O) groups is 2. The van der Waals surface area contributed by atoms with E-state index in [4.69, 9.17) is 0 Å². The highest BCUT2D eigenvalue weighted by Crippen LogP contribution is 2.34. The minimum atomic E-state index is -0.493. The maximum absolute atomic E-state index is 12.9. The van der Waals surface area contributed by atoms with Crippen LogP contribution in [0, 0.1) is 0 Å². The predicted molar refractivity (Wildman–Crippen MR) is 83.8 cm³/mol. The van der Waals surface area contributed by atoms with E-state index in [2.05, 4.69) is 10.4 Å². The van der Waals surface area contributed by atoms with Gasteiger partial charge in [0, 0.05) is 13.2 Å². The second kappa shape index (κ2) is 5.63. The van der Waals surface area contributed by atoms with Crippen molar-refractivity contribution in [2.75, 3.05) is 10.2 Å². The fourth-order valence-corrected chi connectivity index (χ4v) is 2.75. The van der Waals surface area contributed by atoms with Gasteiger partial charge >= 0.3 is 0 Å². The predicted octanol–water partition coefficient (Wildman–Crippen LogP) is 2.19. The van der Waals surface area contributed by atoms with Crippen LogP contribution in [0.3, 0.4) is 0 Å². The topological polar surface area (TPSA) is 67.2 Å². The Kier molecular flexibility index (Phi) is 3.66. The van der Waals surface area contributed by atoms with Gasteiger partial charge in [-0.2, -0.15) is 5.10 Å². The van der Waals surface area contributed by atoms with E-state index in [1.165, 1.54) is 6.20 Å². The lowest BCUT2D eigenvalue weighted by Gasteiger charge is -2.36. The number of hydrogen-bond donors (Lipinski definition) is 1. The molecule has 1 aromatic carbocycles. The number of aromatic nitrogens is 2. The van der Waals surface area contributed by atoms with E-state index < -0.39 is 6.04 Å². The molecular weight excluding hydrogens is 280 g/mol. The van der Waals surface area contributed by atoms with Crippen molar-refractivity contribution in [3.8, 4) is 0 Å². The zero-order valence-electron chi connectivity index (χ0n) is 12.6. The number of hydrogen-bond acceptors (Lipinski definition) is 3. The summed E-state index contributed by atoms with van der Waals surface area (Å²) in [5.74, 6) is -0.341. The molecule has 1 aliphatic heterocycles. The third-order valence-electron chi connectivity index (χ3n) is 3.77. The number of nitrogens with zero attached hydrogens (tertiary/aromatic N) is 3.